The van der Waals surface area contributed by atoms with Gasteiger partial charge in [0.25, 0.3) is 5.91 Å². The Bertz CT molecular complexity index is 619. The van der Waals surface area contributed by atoms with E-state index in [9.17, 15) is 4.79 Å². The molecule has 2 aromatic rings. The van der Waals surface area contributed by atoms with Crippen molar-refractivity contribution < 1.29 is 9.63 Å². The SMILES string of the molecule is CON(C)C(=O)c1ccc(-c2ccc(CN(C)C)cc2)cc1. The van der Waals surface area contributed by atoms with Crippen molar-refractivity contribution in [3.8, 4) is 11.1 Å². The van der Waals surface area contributed by atoms with Gasteiger partial charge in [0, 0.05) is 19.2 Å². The van der Waals surface area contributed by atoms with Gasteiger partial charge in [0.15, 0.2) is 0 Å². The first-order valence-electron chi connectivity index (χ1n) is 7.17. The molecule has 0 bridgehead atoms. The van der Waals surface area contributed by atoms with Crippen LogP contribution in [0, 0.1) is 0 Å². The van der Waals surface area contributed by atoms with E-state index >= 15 is 0 Å². The highest BCUT2D eigenvalue weighted by Crippen LogP contribution is 2.21. The third kappa shape index (κ3) is 3.93. The monoisotopic (exact) mass is 298 g/mol. The molecule has 0 unspecified atom stereocenters. The van der Waals surface area contributed by atoms with Crippen LogP contribution in [0.4, 0.5) is 0 Å². The Labute approximate surface area is 131 Å². The zero-order valence-electron chi connectivity index (χ0n) is 13.5. The lowest BCUT2D eigenvalue weighted by molar-refractivity contribution is -0.0756. The van der Waals surface area contributed by atoms with Gasteiger partial charge >= 0.3 is 0 Å². The average Bonchev–Trinajstić information content (AvgIpc) is 2.54. The van der Waals surface area contributed by atoms with Crippen LogP contribution in [0.1, 0.15) is 15.9 Å². The van der Waals surface area contributed by atoms with Crippen LogP contribution >= 0.6 is 0 Å². The summed E-state index contributed by atoms with van der Waals surface area (Å²) in [7, 11) is 7.18. The summed E-state index contributed by atoms with van der Waals surface area (Å²) in [5, 5.41) is 1.21. The second-order valence-corrected chi connectivity index (χ2v) is 5.50. The number of amides is 1. The summed E-state index contributed by atoms with van der Waals surface area (Å²) in [6, 6.07) is 16.0. The van der Waals surface area contributed by atoms with Gasteiger partial charge in [-0.05, 0) is 42.9 Å². The van der Waals surface area contributed by atoms with Crippen molar-refractivity contribution in [2.45, 2.75) is 6.54 Å². The fraction of sp³-hybridized carbons (Fsp3) is 0.278. The van der Waals surface area contributed by atoms with Crippen LogP contribution in [0.5, 0.6) is 0 Å². The third-order valence-corrected chi connectivity index (χ3v) is 3.48. The quantitative estimate of drug-likeness (QED) is 0.795. The Morgan fingerprint density at radius 3 is 1.86 bits per heavy atom. The number of nitrogens with zero attached hydrogens (tertiary/aromatic N) is 2. The summed E-state index contributed by atoms with van der Waals surface area (Å²) in [4.78, 5) is 19.0. The fourth-order valence-corrected chi connectivity index (χ4v) is 2.24. The number of benzene rings is 2. The van der Waals surface area contributed by atoms with Gasteiger partial charge in [-0.15, -0.1) is 0 Å². The molecule has 1 amide bonds. The summed E-state index contributed by atoms with van der Waals surface area (Å²) < 4.78 is 0. The molecule has 0 aliphatic rings. The second-order valence-electron chi connectivity index (χ2n) is 5.50. The zero-order valence-corrected chi connectivity index (χ0v) is 13.5. The molecule has 0 fully saturated rings. The number of hydrogen-bond acceptors (Lipinski definition) is 3. The van der Waals surface area contributed by atoms with E-state index in [0.717, 1.165) is 17.7 Å². The Morgan fingerprint density at radius 2 is 1.41 bits per heavy atom. The minimum atomic E-state index is -0.157. The van der Waals surface area contributed by atoms with Crippen molar-refractivity contribution in [1.82, 2.24) is 9.96 Å². The summed E-state index contributed by atoms with van der Waals surface area (Å²) in [5.41, 5.74) is 4.12. The van der Waals surface area contributed by atoms with Gasteiger partial charge in [0.2, 0.25) is 0 Å². The highest BCUT2D eigenvalue weighted by Gasteiger charge is 2.10. The standard InChI is InChI=1S/C18H22N2O2/c1-19(2)13-14-5-7-15(8-6-14)16-9-11-17(12-10-16)18(21)20(3)22-4/h5-12H,13H2,1-4H3. The molecule has 22 heavy (non-hydrogen) atoms. The molecule has 0 saturated carbocycles. The molecule has 0 spiro atoms. The van der Waals surface area contributed by atoms with Gasteiger partial charge in [-0.1, -0.05) is 36.4 Å². The summed E-state index contributed by atoms with van der Waals surface area (Å²) in [6.45, 7) is 0.928. The van der Waals surface area contributed by atoms with Crippen molar-refractivity contribution in [2.75, 3.05) is 28.3 Å². The Kier molecular flexibility index (Phi) is 5.31. The van der Waals surface area contributed by atoms with Crippen molar-refractivity contribution >= 4 is 5.91 Å². The molecule has 2 rings (SSSR count). The molecular weight excluding hydrogens is 276 g/mol. The summed E-state index contributed by atoms with van der Waals surface area (Å²) >= 11 is 0. The smallest absolute Gasteiger partial charge is 0.277 e. The van der Waals surface area contributed by atoms with E-state index in [1.807, 2.05) is 24.3 Å². The minimum Gasteiger partial charge on any atom is -0.305 e. The van der Waals surface area contributed by atoms with E-state index in [4.69, 9.17) is 4.84 Å². The Morgan fingerprint density at radius 1 is 0.909 bits per heavy atom. The van der Waals surface area contributed by atoms with Crippen LogP contribution < -0.4 is 0 Å². The first-order chi connectivity index (χ1) is 10.5. The molecule has 4 nitrogen and oxygen atoms in total. The van der Waals surface area contributed by atoms with E-state index in [1.54, 1.807) is 7.05 Å². The van der Waals surface area contributed by atoms with Gasteiger partial charge in [0.05, 0.1) is 7.11 Å². The molecule has 116 valence electrons. The van der Waals surface area contributed by atoms with Gasteiger partial charge < -0.3 is 4.90 Å². The van der Waals surface area contributed by atoms with Crippen LogP contribution in [0.25, 0.3) is 11.1 Å². The molecule has 0 aromatic heterocycles. The van der Waals surface area contributed by atoms with Crippen molar-refractivity contribution in [3.05, 3.63) is 59.7 Å². The van der Waals surface area contributed by atoms with Crippen LogP contribution in [-0.2, 0) is 11.4 Å². The molecule has 0 N–H and O–H groups in total. The normalized spacial score (nSPS) is 10.8. The molecule has 2 aromatic carbocycles. The topological polar surface area (TPSA) is 32.8 Å². The first kappa shape index (κ1) is 16.2. The number of hydrogen-bond donors (Lipinski definition) is 0. The maximum atomic E-state index is 12.0. The first-order valence-corrected chi connectivity index (χ1v) is 7.17. The van der Waals surface area contributed by atoms with Gasteiger partial charge in [-0.3, -0.25) is 9.63 Å². The zero-order chi connectivity index (χ0) is 16.1. The number of carbonyl (C=O) groups excluding carboxylic acids is 1. The van der Waals surface area contributed by atoms with Crippen LogP contribution in [-0.4, -0.2) is 44.1 Å². The molecular formula is C18H22N2O2. The van der Waals surface area contributed by atoms with E-state index in [0.29, 0.717) is 5.56 Å². The van der Waals surface area contributed by atoms with E-state index in [2.05, 4.69) is 43.3 Å². The summed E-state index contributed by atoms with van der Waals surface area (Å²) in [5.74, 6) is -0.157. The highest BCUT2D eigenvalue weighted by molar-refractivity contribution is 5.93. The van der Waals surface area contributed by atoms with Crippen molar-refractivity contribution in [2.24, 2.45) is 0 Å². The molecule has 0 heterocycles. The second kappa shape index (κ2) is 7.20. The highest BCUT2D eigenvalue weighted by atomic mass is 16.7. The molecule has 0 atom stereocenters. The molecule has 4 heteroatoms. The predicted molar refractivity (Wildman–Crippen MR) is 88.4 cm³/mol. The maximum absolute atomic E-state index is 12.0. The lowest BCUT2D eigenvalue weighted by Gasteiger charge is -2.14. The van der Waals surface area contributed by atoms with E-state index in [-0.39, 0.29) is 5.91 Å². The molecule has 0 radical (unpaired) electrons. The number of hydroxylamine groups is 2. The van der Waals surface area contributed by atoms with Crippen LogP contribution in [0.2, 0.25) is 0 Å². The Hall–Kier alpha value is -2.17. The lowest BCUT2D eigenvalue weighted by atomic mass is 10.0. The van der Waals surface area contributed by atoms with Crippen LogP contribution in [0.3, 0.4) is 0 Å². The molecule has 0 aliphatic heterocycles. The number of carbonyl (C=O) groups is 1. The van der Waals surface area contributed by atoms with Gasteiger partial charge in [-0.25, -0.2) is 5.06 Å². The summed E-state index contributed by atoms with van der Waals surface area (Å²) in [6.07, 6.45) is 0. The van der Waals surface area contributed by atoms with Crippen molar-refractivity contribution in [1.29, 1.82) is 0 Å². The van der Waals surface area contributed by atoms with Gasteiger partial charge in [-0.2, -0.15) is 0 Å². The third-order valence-electron chi connectivity index (χ3n) is 3.48. The minimum absolute atomic E-state index is 0.157. The van der Waals surface area contributed by atoms with Crippen molar-refractivity contribution in [3.63, 3.8) is 0 Å². The maximum Gasteiger partial charge on any atom is 0.277 e. The number of rotatable bonds is 5. The average molecular weight is 298 g/mol. The van der Waals surface area contributed by atoms with E-state index < -0.39 is 0 Å². The molecule has 0 aliphatic carbocycles. The van der Waals surface area contributed by atoms with Gasteiger partial charge in [0.1, 0.15) is 0 Å². The Balaban J connectivity index is 2.15. The largest absolute Gasteiger partial charge is 0.305 e. The fourth-order valence-electron chi connectivity index (χ4n) is 2.24. The van der Waals surface area contributed by atoms with E-state index in [1.165, 1.54) is 17.7 Å². The predicted octanol–water partition coefficient (Wildman–Crippen LogP) is 3.05. The lowest BCUT2D eigenvalue weighted by Crippen LogP contribution is -2.25. The van der Waals surface area contributed by atoms with Crippen LogP contribution in [0.15, 0.2) is 48.5 Å². The molecule has 0 saturated heterocycles.